The van der Waals surface area contributed by atoms with Gasteiger partial charge in [-0.3, -0.25) is 4.79 Å². The lowest BCUT2D eigenvalue weighted by Crippen LogP contribution is -2.65. The quantitative estimate of drug-likeness (QED) is 0.123. The lowest BCUT2D eigenvalue weighted by Gasteiger charge is -2.54. The van der Waals surface area contributed by atoms with E-state index < -0.39 is 98.2 Å². The fraction of sp³-hybridized carbons (Fsp3) is 0.878. The molecule has 15 heteroatoms. The first-order valence-corrected chi connectivity index (χ1v) is 20.6. The molecule has 2 saturated carbocycles. The summed E-state index contributed by atoms with van der Waals surface area (Å²) in [6.07, 6.45) is -6.23. The first kappa shape index (κ1) is 44.0. The highest BCUT2D eigenvalue weighted by Crippen LogP contribution is 2.65. The number of carbonyl (C=O) groups is 1. The second-order valence-corrected chi connectivity index (χ2v) is 18.4. The van der Waals surface area contributed by atoms with Crippen molar-refractivity contribution in [2.75, 3.05) is 13.2 Å². The third kappa shape index (κ3) is 7.67. The first-order chi connectivity index (χ1) is 26.3. The van der Waals surface area contributed by atoms with Crippen LogP contribution in [-0.4, -0.2) is 149 Å². The molecule has 320 valence electrons. The Morgan fingerprint density at radius 1 is 0.893 bits per heavy atom. The van der Waals surface area contributed by atoms with Crippen LogP contribution in [0.3, 0.4) is 0 Å². The average molecular weight is 799 g/mol. The van der Waals surface area contributed by atoms with Gasteiger partial charge in [-0.15, -0.1) is 0 Å². The summed E-state index contributed by atoms with van der Waals surface area (Å²) in [6, 6.07) is 0. The molecule has 1 unspecified atom stereocenters. The first-order valence-electron chi connectivity index (χ1n) is 20.6. The van der Waals surface area contributed by atoms with Crippen molar-refractivity contribution in [1.82, 2.24) is 0 Å². The van der Waals surface area contributed by atoms with Crippen molar-refractivity contribution in [3.63, 3.8) is 0 Å². The molecule has 6 aliphatic rings. The van der Waals surface area contributed by atoms with E-state index >= 15 is 0 Å². The Kier molecular flexibility index (Phi) is 13.2. The lowest BCUT2D eigenvalue weighted by atomic mass is 9.51. The summed E-state index contributed by atoms with van der Waals surface area (Å²) < 4.78 is 23.8. The van der Waals surface area contributed by atoms with Crippen molar-refractivity contribution < 1.29 is 74.8 Å². The molecule has 2 saturated heterocycles. The average Bonchev–Trinajstić information content (AvgIpc) is 3.50. The van der Waals surface area contributed by atoms with Crippen LogP contribution in [0.4, 0.5) is 0 Å². The van der Waals surface area contributed by atoms with Gasteiger partial charge in [0.1, 0.15) is 48.8 Å². The number of hydrogen-bond donors (Lipinski definition) is 10. The Bertz CT molecular complexity index is 1440. The molecule has 0 radical (unpaired) electrons. The van der Waals surface area contributed by atoms with Crippen LogP contribution >= 0.6 is 0 Å². The highest BCUT2D eigenvalue weighted by atomic mass is 16.8. The monoisotopic (exact) mass is 798 g/mol. The van der Waals surface area contributed by atoms with Gasteiger partial charge in [-0.2, -0.15) is 0 Å². The number of ether oxygens (including phenoxy) is 4. The van der Waals surface area contributed by atoms with Gasteiger partial charge in [0.25, 0.3) is 0 Å². The molecule has 19 atom stereocenters. The fourth-order valence-electron chi connectivity index (χ4n) is 11.3. The number of fused-ring (bicyclic) bond motifs is 5. The van der Waals surface area contributed by atoms with Gasteiger partial charge in [0.15, 0.2) is 12.6 Å². The fourth-order valence-corrected chi connectivity index (χ4v) is 11.3. The number of aliphatic hydroxyl groups excluding tert-OH is 8. The Hall–Kier alpha value is -1.57. The summed E-state index contributed by atoms with van der Waals surface area (Å²) >= 11 is 0. The standard InChI is InChI=1S/C41H66O15/c1-19(2)41(52,20(3)44)15-11-24(36(50)51)26-9-8-25-23-7-6-21-16-22(10-13-39(21,4)27(23)12-14-40(25,26)5)53-38-35(33(48)31(46)29(18-43)55-38)56-37-34(49)32(47)30(45)28(17-42)54-37/h7,12,19-22,24-26,28-35,37-38,42-49,52H,6,8-11,13-18H2,1-5H3,(H,50,51)/t20-,21?,22-,24+,25-,26+,28+,29+,30-,31+,32-,33-,34+,35+,37-,38+,39-,40-,41+/m0/s1. The third-order valence-corrected chi connectivity index (χ3v) is 15.2. The summed E-state index contributed by atoms with van der Waals surface area (Å²) in [4.78, 5) is 12.8. The van der Waals surface area contributed by atoms with Crippen molar-refractivity contribution in [3.8, 4) is 0 Å². The zero-order valence-corrected chi connectivity index (χ0v) is 33.3. The number of aliphatic carboxylic acids is 1. The van der Waals surface area contributed by atoms with E-state index in [0.717, 1.165) is 32.1 Å². The molecular weight excluding hydrogens is 732 g/mol. The van der Waals surface area contributed by atoms with Crippen LogP contribution in [0.25, 0.3) is 0 Å². The molecule has 0 bridgehead atoms. The largest absolute Gasteiger partial charge is 0.481 e. The molecule has 4 aliphatic carbocycles. The third-order valence-electron chi connectivity index (χ3n) is 15.2. The summed E-state index contributed by atoms with van der Waals surface area (Å²) in [5.74, 6) is -1.46. The minimum atomic E-state index is -1.76. The number of hydrogen-bond acceptors (Lipinski definition) is 14. The van der Waals surface area contributed by atoms with Gasteiger partial charge in [-0.25, -0.2) is 0 Å². The predicted octanol–water partition coefficient (Wildman–Crippen LogP) is 0.744. The maximum Gasteiger partial charge on any atom is 0.306 e. The summed E-state index contributed by atoms with van der Waals surface area (Å²) in [5, 5.41) is 105. The van der Waals surface area contributed by atoms with Crippen LogP contribution < -0.4 is 0 Å². The number of carboxylic acids is 1. The van der Waals surface area contributed by atoms with Gasteiger partial charge in [-0.05, 0) is 110 Å². The summed E-state index contributed by atoms with van der Waals surface area (Å²) in [6.45, 7) is 8.46. The normalized spacial score (nSPS) is 46.1. The van der Waals surface area contributed by atoms with Crippen molar-refractivity contribution >= 4 is 5.97 Å². The van der Waals surface area contributed by atoms with E-state index in [1.165, 1.54) is 11.1 Å². The number of allylic oxidation sites excluding steroid dienone is 4. The summed E-state index contributed by atoms with van der Waals surface area (Å²) in [5.41, 5.74) is 0.794. The number of rotatable bonds is 13. The van der Waals surface area contributed by atoms with Crippen LogP contribution in [0.5, 0.6) is 0 Å². The van der Waals surface area contributed by atoms with Crippen LogP contribution in [0.1, 0.15) is 92.4 Å². The van der Waals surface area contributed by atoms with Crippen molar-refractivity contribution in [3.05, 3.63) is 23.3 Å². The molecule has 15 nitrogen and oxygen atoms in total. The Morgan fingerprint density at radius 3 is 2.14 bits per heavy atom. The minimum Gasteiger partial charge on any atom is -0.481 e. The molecule has 6 rings (SSSR count). The maximum atomic E-state index is 12.8. The molecule has 56 heavy (non-hydrogen) atoms. The number of aliphatic hydroxyl groups is 9. The van der Waals surface area contributed by atoms with E-state index in [9.17, 15) is 55.9 Å². The highest BCUT2D eigenvalue weighted by molar-refractivity contribution is 5.70. The molecule has 2 heterocycles. The van der Waals surface area contributed by atoms with Crippen LogP contribution in [0.15, 0.2) is 23.3 Å². The Morgan fingerprint density at radius 2 is 1.54 bits per heavy atom. The van der Waals surface area contributed by atoms with Gasteiger partial charge in [0.2, 0.25) is 0 Å². The van der Waals surface area contributed by atoms with Gasteiger partial charge in [0, 0.05) is 0 Å². The van der Waals surface area contributed by atoms with Gasteiger partial charge in [0.05, 0.1) is 36.9 Å². The van der Waals surface area contributed by atoms with Gasteiger partial charge < -0.3 is 70.0 Å². The Balaban J connectivity index is 1.16. The van der Waals surface area contributed by atoms with Crippen molar-refractivity contribution in [1.29, 1.82) is 0 Å². The van der Waals surface area contributed by atoms with E-state index in [-0.39, 0.29) is 53.4 Å². The highest BCUT2D eigenvalue weighted by Gasteiger charge is 2.58. The molecule has 0 aromatic heterocycles. The molecule has 0 aromatic rings. The molecule has 0 spiro atoms. The molecule has 0 amide bonds. The zero-order valence-electron chi connectivity index (χ0n) is 33.3. The second-order valence-electron chi connectivity index (χ2n) is 18.4. The predicted molar refractivity (Wildman–Crippen MR) is 198 cm³/mol. The van der Waals surface area contributed by atoms with Gasteiger partial charge >= 0.3 is 5.97 Å². The second kappa shape index (κ2) is 16.8. The smallest absolute Gasteiger partial charge is 0.306 e. The van der Waals surface area contributed by atoms with E-state index in [2.05, 4.69) is 26.0 Å². The van der Waals surface area contributed by atoms with Crippen molar-refractivity contribution in [2.45, 2.75) is 172 Å². The summed E-state index contributed by atoms with van der Waals surface area (Å²) in [7, 11) is 0. The zero-order chi connectivity index (χ0) is 41.1. The topological polar surface area (TPSA) is 256 Å². The molecule has 10 N–H and O–H groups in total. The van der Waals surface area contributed by atoms with E-state index in [4.69, 9.17) is 18.9 Å². The van der Waals surface area contributed by atoms with Crippen molar-refractivity contribution in [2.24, 2.45) is 40.4 Å². The Labute approximate surface area is 328 Å². The molecule has 2 aliphatic heterocycles. The lowest BCUT2D eigenvalue weighted by molar-refractivity contribution is -0.372. The van der Waals surface area contributed by atoms with Crippen LogP contribution in [-0.2, 0) is 23.7 Å². The van der Waals surface area contributed by atoms with Crippen LogP contribution in [0.2, 0.25) is 0 Å². The molecule has 4 fully saturated rings. The molecule has 0 aromatic carbocycles. The maximum absolute atomic E-state index is 12.8. The minimum absolute atomic E-state index is 0.0889. The van der Waals surface area contributed by atoms with Crippen LogP contribution in [0, 0.1) is 40.4 Å². The van der Waals surface area contributed by atoms with E-state index in [1.54, 1.807) is 6.92 Å². The van der Waals surface area contributed by atoms with E-state index in [1.807, 2.05) is 13.8 Å². The van der Waals surface area contributed by atoms with E-state index in [0.29, 0.717) is 12.8 Å². The van der Waals surface area contributed by atoms with Gasteiger partial charge in [-0.1, -0.05) is 39.8 Å². The molecular formula is C41H66O15. The SMILES string of the molecule is CC(C)[C@](O)(CC[C@@H](C(=O)O)[C@H]1CC[C@H]2C3=CCC4C[C@@H](O[C@@H]5O[C@H](CO)[C@@H](O)[C@H](O)[C@H]5O[C@@H]5O[C@H](CO)[C@H](O)[C@H](O)[C@H]5O)CC[C@]4(C)C3=CC[C@]12C)[C@H](C)O. The number of carboxylic acid groups (broad SMARTS) is 1.